The molecule has 0 bridgehead atoms. The number of nitrogens with one attached hydrogen (secondary N) is 1. The van der Waals surface area contributed by atoms with E-state index < -0.39 is 17.9 Å². The Labute approximate surface area is 168 Å². The number of hydrogen-bond donors (Lipinski definition) is 1. The summed E-state index contributed by atoms with van der Waals surface area (Å²) in [7, 11) is 0. The van der Waals surface area contributed by atoms with Crippen molar-refractivity contribution < 1.29 is 19.1 Å². The second kappa shape index (κ2) is 9.01. The van der Waals surface area contributed by atoms with Crippen LogP contribution in [0.5, 0.6) is 0 Å². The van der Waals surface area contributed by atoms with Gasteiger partial charge in [0.25, 0.3) is 11.8 Å². The molecule has 1 aliphatic rings. The number of nitrogens with zero attached hydrogens (tertiary/aromatic N) is 1. The predicted octanol–water partition coefficient (Wildman–Crippen LogP) is 3.66. The third kappa shape index (κ3) is 4.59. The summed E-state index contributed by atoms with van der Waals surface area (Å²) in [6, 6.07) is 10.5. The summed E-state index contributed by atoms with van der Waals surface area (Å²) in [4.78, 5) is 39.4. The number of carbonyl (C=O) groups excluding carboxylic acids is 3. The van der Waals surface area contributed by atoms with Crippen molar-refractivity contribution in [2.24, 2.45) is 0 Å². The van der Waals surface area contributed by atoms with Crippen LogP contribution in [0.15, 0.2) is 41.8 Å². The third-order valence-electron chi connectivity index (χ3n) is 4.72. The van der Waals surface area contributed by atoms with Crippen molar-refractivity contribution >= 4 is 34.8 Å². The number of amides is 2. The smallest absolute Gasteiger partial charge is 0.329 e. The number of anilines is 1. The molecule has 1 atom stereocenters. The van der Waals surface area contributed by atoms with Crippen LogP contribution in [0.1, 0.15) is 47.8 Å². The number of rotatable bonds is 6. The quantitative estimate of drug-likeness (QED) is 0.751. The van der Waals surface area contributed by atoms with Crippen molar-refractivity contribution in [1.29, 1.82) is 0 Å². The van der Waals surface area contributed by atoms with E-state index >= 15 is 0 Å². The first-order chi connectivity index (χ1) is 13.5. The van der Waals surface area contributed by atoms with Gasteiger partial charge < -0.3 is 15.0 Å². The first-order valence-electron chi connectivity index (χ1n) is 9.37. The average molecular weight is 401 g/mol. The van der Waals surface area contributed by atoms with Crippen molar-refractivity contribution in [3.05, 3.63) is 52.2 Å². The molecule has 1 aromatic heterocycles. The predicted molar refractivity (Wildman–Crippen MR) is 108 cm³/mol. The fourth-order valence-corrected chi connectivity index (χ4v) is 4.01. The minimum Gasteiger partial charge on any atom is -0.454 e. The maximum atomic E-state index is 12.6. The molecule has 0 aliphatic carbocycles. The Morgan fingerprint density at radius 2 is 2.00 bits per heavy atom. The number of ether oxygens (including phenoxy) is 1. The molecule has 0 saturated carbocycles. The molecule has 1 aliphatic heterocycles. The number of thiophene rings is 1. The maximum absolute atomic E-state index is 12.6. The highest BCUT2D eigenvalue weighted by molar-refractivity contribution is 7.12. The van der Waals surface area contributed by atoms with Crippen LogP contribution in [-0.2, 0) is 14.3 Å². The molecule has 2 amide bonds. The van der Waals surface area contributed by atoms with E-state index in [0.29, 0.717) is 23.5 Å². The van der Waals surface area contributed by atoms with E-state index in [0.717, 1.165) is 12.0 Å². The molecule has 2 heterocycles. The summed E-state index contributed by atoms with van der Waals surface area (Å²) in [6.07, 6.45) is 1.29. The molecule has 1 fully saturated rings. The van der Waals surface area contributed by atoms with Crippen molar-refractivity contribution in [3.63, 3.8) is 0 Å². The van der Waals surface area contributed by atoms with Crippen LogP contribution in [0, 0.1) is 0 Å². The maximum Gasteiger partial charge on any atom is 0.329 e. The van der Waals surface area contributed by atoms with Gasteiger partial charge in [-0.2, -0.15) is 0 Å². The van der Waals surface area contributed by atoms with Gasteiger partial charge in [0.15, 0.2) is 6.61 Å². The fourth-order valence-electron chi connectivity index (χ4n) is 3.33. The largest absolute Gasteiger partial charge is 0.454 e. The summed E-state index contributed by atoms with van der Waals surface area (Å²) in [5.74, 6) is -0.829. The van der Waals surface area contributed by atoms with Gasteiger partial charge in [-0.15, -0.1) is 11.3 Å². The number of hydrogen-bond acceptors (Lipinski definition) is 5. The fraction of sp³-hybridized carbons (Fsp3) is 0.381. The highest BCUT2D eigenvalue weighted by atomic mass is 32.1. The van der Waals surface area contributed by atoms with Crippen LogP contribution >= 0.6 is 11.3 Å². The van der Waals surface area contributed by atoms with Crippen LogP contribution in [-0.4, -0.2) is 41.9 Å². The van der Waals surface area contributed by atoms with E-state index in [9.17, 15) is 14.4 Å². The van der Waals surface area contributed by atoms with E-state index in [1.807, 2.05) is 43.5 Å². The summed E-state index contributed by atoms with van der Waals surface area (Å²) in [6.45, 7) is 4.24. The highest BCUT2D eigenvalue weighted by Crippen LogP contribution is 2.24. The average Bonchev–Trinajstić information content (AvgIpc) is 3.37. The van der Waals surface area contributed by atoms with E-state index in [1.165, 1.54) is 11.3 Å². The van der Waals surface area contributed by atoms with Crippen LogP contribution in [0.4, 0.5) is 5.69 Å². The molecule has 1 N–H and O–H groups in total. The Morgan fingerprint density at radius 3 is 2.71 bits per heavy atom. The molecule has 148 valence electrons. The number of benzene rings is 1. The minimum absolute atomic E-state index is 0.162. The van der Waals surface area contributed by atoms with Crippen LogP contribution in [0.2, 0.25) is 0 Å². The molecule has 2 aromatic rings. The molecular formula is C21H24N2O4S. The molecule has 28 heavy (non-hydrogen) atoms. The molecule has 1 saturated heterocycles. The number of carbonyl (C=O) groups is 3. The molecule has 7 heteroatoms. The zero-order valence-corrected chi connectivity index (χ0v) is 16.8. The highest BCUT2D eigenvalue weighted by Gasteiger charge is 2.36. The zero-order chi connectivity index (χ0) is 20.1. The number of para-hydroxylation sites is 1. The Morgan fingerprint density at radius 1 is 1.21 bits per heavy atom. The van der Waals surface area contributed by atoms with Crippen molar-refractivity contribution in [1.82, 2.24) is 4.90 Å². The monoisotopic (exact) mass is 400 g/mol. The van der Waals surface area contributed by atoms with Gasteiger partial charge in [0.2, 0.25) is 0 Å². The summed E-state index contributed by atoms with van der Waals surface area (Å²) in [5.41, 5.74) is 1.74. The number of esters is 1. The summed E-state index contributed by atoms with van der Waals surface area (Å²) >= 11 is 1.35. The van der Waals surface area contributed by atoms with Gasteiger partial charge in [-0.25, -0.2) is 4.79 Å². The van der Waals surface area contributed by atoms with E-state index in [-0.39, 0.29) is 18.4 Å². The van der Waals surface area contributed by atoms with Gasteiger partial charge in [0.05, 0.1) is 4.88 Å². The van der Waals surface area contributed by atoms with Crippen LogP contribution in [0.3, 0.4) is 0 Å². The lowest BCUT2D eigenvalue weighted by Crippen LogP contribution is -2.41. The van der Waals surface area contributed by atoms with Crippen molar-refractivity contribution in [3.8, 4) is 0 Å². The zero-order valence-electron chi connectivity index (χ0n) is 16.0. The lowest BCUT2D eigenvalue weighted by atomic mass is 10.0. The van der Waals surface area contributed by atoms with E-state index in [1.54, 1.807) is 17.0 Å². The van der Waals surface area contributed by atoms with Gasteiger partial charge in [-0.05, 0) is 41.8 Å². The number of likely N-dealkylation sites (tertiary alicyclic amines) is 1. The van der Waals surface area contributed by atoms with Crippen molar-refractivity contribution in [2.45, 2.75) is 38.6 Å². The van der Waals surface area contributed by atoms with E-state index in [4.69, 9.17) is 4.74 Å². The molecule has 0 unspecified atom stereocenters. The normalized spacial score (nSPS) is 16.2. The van der Waals surface area contributed by atoms with Gasteiger partial charge in [-0.1, -0.05) is 38.1 Å². The third-order valence-corrected chi connectivity index (χ3v) is 5.58. The van der Waals surface area contributed by atoms with Crippen LogP contribution in [0.25, 0.3) is 0 Å². The Kier molecular flexibility index (Phi) is 6.46. The molecular weight excluding hydrogens is 376 g/mol. The molecule has 3 rings (SSSR count). The SMILES string of the molecule is CC(C)c1ccccc1NC(=O)COC(=O)[C@@H]1CCCN1C(=O)c1cccs1. The first-order valence-corrected chi connectivity index (χ1v) is 10.2. The molecule has 6 nitrogen and oxygen atoms in total. The lowest BCUT2D eigenvalue weighted by Gasteiger charge is -2.22. The summed E-state index contributed by atoms with van der Waals surface area (Å²) < 4.78 is 5.22. The Bertz CT molecular complexity index is 848. The van der Waals surface area contributed by atoms with E-state index in [2.05, 4.69) is 5.32 Å². The standard InChI is InChI=1S/C21H24N2O4S/c1-14(2)15-7-3-4-8-16(15)22-19(24)13-27-21(26)17-9-5-11-23(17)20(25)18-10-6-12-28-18/h3-4,6-8,10,12,14,17H,5,9,11,13H2,1-2H3,(H,22,24)/t17-/m0/s1. The second-order valence-electron chi connectivity index (χ2n) is 7.03. The topological polar surface area (TPSA) is 75.7 Å². The van der Waals surface area contributed by atoms with Gasteiger partial charge in [0, 0.05) is 12.2 Å². The van der Waals surface area contributed by atoms with Gasteiger partial charge in [0.1, 0.15) is 6.04 Å². The Balaban J connectivity index is 1.56. The van der Waals surface area contributed by atoms with Gasteiger partial charge >= 0.3 is 5.97 Å². The second-order valence-corrected chi connectivity index (χ2v) is 7.98. The van der Waals surface area contributed by atoms with Gasteiger partial charge in [-0.3, -0.25) is 9.59 Å². The Hall–Kier alpha value is -2.67. The first kappa shape index (κ1) is 20.1. The van der Waals surface area contributed by atoms with Crippen LogP contribution < -0.4 is 5.32 Å². The lowest BCUT2D eigenvalue weighted by molar-refractivity contribution is -0.151. The van der Waals surface area contributed by atoms with Crippen molar-refractivity contribution in [2.75, 3.05) is 18.5 Å². The minimum atomic E-state index is -0.634. The summed E-state index contributed by atoms with van der Waals surface area (Å²) in [5, 5.41) is 4.63. The molecule has 0 radical (unpaired) electrons. The molecule has 1 aromatic carbocycles. The molecule has 0 spiro atoms.